The summed E-state index contributed by atoms with van der Waals surface area (Å²) in [4.78, 5) is 12.4. The number of phenols is 1. The quantitative estimate of drug-likeness (QED) is 0.273. The molecule has 168 valence electrons. The normalized spacial score (nSPS) is 13.8. The molecule has 2 N–H and O–H groups in total. The van der Waals surface area contributed by atoms with Crippen LogP contribution in [0.15, 0.2) is 66.7 Å². The first kappa shape index (κ1) is 23.2. The number of carbonyl (C=O) groups excluding carboxylic acids is 1. The second-order valence-electron chi connectivity index (χ2n) is 7.61. The summed E-state index contributed by atoms with van der Waals surface area (Å²) in [5, 5.41) is 12.2. The molecule has 0 saturated carbocycles. The van der Waals surface area contributed by atoms with E-state index in [1.807, 2.05) is 35.7 Å². The van der Waals surface area contributed by atoms with Gasteiger partial charge in [-0.2, -0.15) is 0 Å². The first-order valence-corrected chi connectivity index (χ1v) is 13.0. The predicted molar refractivity (Wildman–Crippen MR) is 138 cm³/mol. The van der Waals surface area contributed by atoms with Crippen LogP contribution in [0.5, 0.6) is 11.5 Å². The van der Waals surface area contributed by atoms with Gasteiger partial charge in [0.05, 0.1) is 10.7 Å². The Morgan fingerprint density at radius 1 is 1.06 bits per heavy atom. The topological polar surface area (TPSA) is 58.6 Å². The minimum absolute atomic E-state index is 0.0353. The number of fused-ring (bicyclic) bond motifs is 1. The molecule has 0 spiro atoms. The molecule has 0 unspecified atom stereocenters. The molecule has 3 aromatic rings. The SMILES string of the molecule is CSC1(SC)CCOc2c(CC#Cc3ccc(C(=O)Nc4ccc(O)cc4)cc3)cccc21. The van der Waals surface area contributed by atoms with E-state index in [9.17, 15) is 9.90 Å². The standard InChI is InChI=1S/C27H25NO3S2/c1-32-27(33-2)17-18-31-25-20(7-4-8-24(25)27)6-3-5-19-9-11-21(12-10-19)26(30)28-22-13-15-23(29)16-14-22/h4,7-16,29H,6,17-18H2,1-2H3,(H,28,30). The Kier molecular flexibility index (Phi) is 7.22. The van der Waals surface area contributed by atoms with E-state index in [0.717, 1.165) is 23.3 Å². The Balaban J connectivity index is 1.45. The fourth-order valence-electron chi connectivity index (χ4n) is 3.82. The van der Waals surface area contributed by atoms with E-state index in [4.69, 9.17) is 4.74 Å². The molecule has 1 aliphatic rings. The van der Waals surface area contributed by atoms with Gasteiger partial charge in [0.15, 0.2) is 0 Å². The lowest BCUT2D eigenvalue weighted by atomic mass is 9.99. The van der Waals surface area contributed by atoms with Crippen molar-refractivity contribution >= 4 is 35.1 Å². The molecule has 0 atom stereocenters. The van der Waals surface area contributed by atoms with Crippen molar-refractivity contribution in [2.24, 2.45) is 0 Å². The van der Waals surface area contributed by atoms with Crippen LogP contribution in [0.3, 0.4) is 0 Å². The van der Waals surface area contributed by atoms with E-state index in [0.29, 0.717) is 24.3 Å². The lowest BCUT2D eigenvalue weighted by Crippen LogP contribution is -2.27. The Bertz CT molecular complexity index is 1190. The van der Waals surface area contributed by atoms with Crippen molar-refractivity contribution in [3.63, 3.8) is 0 Å². The van der Waals surface area contributed by atoms with E-state index in [1.54, 1.807) is 24.3 Å². The predicted octanol–water partition coefficient (Wildman–Crippen LogP) is 5.90. The number of thioether (sulfide) groups is 2. The lowest BCUT2D eigenvalue weighted by molar-refractivity contribution is 0.102. The van der Waals surface area contributed by atoms with Crippen LogP contribution < -0.4 is 10.1 Å². The number of benzene rings is 3. The van der Waals surface area contributed by atoms with Gasteiger partial charge in [-0.05, 0) is 61.0 Å². The van der Waals surface area contributed by atoms with Crippen LogP contribution in [0.2, 0.25) is 0 Å². The van der Waals surface area contributed by atoms with Crippen molar-refractivity contribution < 1.29 is 14.6 Å². The average molecular weight is 476 g/mol. The minimum Gasteiger partial charge on any atom is -0.508 e. The van der Waals surface area contributed by atoms with Gasteiger partial charge in [-0.15, -0.1) is 23.5 Å². The van der Waals surface area contributed by atoms with Gasteiger partial charge in [-0.25, -0.2) is 0 Å². The summed E-state index contributed by atoms with van der Waals surface area (Å²) in [6.07, 6.45) is 5.91. The second-order valence-corrected chi connectivity index (χ2v) is 10.1. The van der Waals surface area contributed by atoms with Gasteiger partial charge in [0.25, 0.3) is 5.91 Å². The van der Waals surface area contributed by atoms with Crippen molar-refractivity contribution in [3.05, 3.63) is 89.0 Å². The van der Waals surface area contributed by atoms with Gasteiger partial charge >= 0.3 is 0 Å². The molecule has 0 fully saturated rings. The Hall–Kier alpha value is -3.01. The van der Waals surface area contributed by atoms with Crippen LogP contribution in [0.1, 0.15) is 33.5 Å². The highest BCUT2D eigenvalue weighted by molar-refractivity contribution is 8.16. The minimum atomic E-state index is -0.209. The largest absolute Gasteiger partial charge is 0.508 e. The Labute approximate surface area is 203 Å². The van der Waals surface area contributed by atoms with Crippen molar-refractivity contribution in [2.75, 3.05) is 24.4 Å². The first-order chi connectivity index (χ1) is 16.0. The molecule has 3 aromatic carbocycles. The maximum atomic E-state index is 12.4. The number of ether oxygens (including phenoxy) is 1. The van der Waals surface area contributed by atoms with Gasteiger partial charge in [0.1, 0.15) is 11.5 Å². The highest BCUT2D eigenvalue weighted by Crippen LogP contribution is 2.53. The van der Waals surface area contributed by atoms with Crippen LogP contribution in [0.25, 0.3) is 0 Å². The van der Waals surface area contributed by atoms with Crippen LogP contribution in [-0.2, 0) is 10.5 Å². The third kappa shape index (κ3) is 5.16. The van der Waals surface area contributed by atoms with E-state index < -0.39 is 0 Å². The molecule has 1 aliphatic heterocycles. The first-order valence-electron chi connectivity index (χ1n) is 10.6. The number of amides is 1. The molecular formula is C27H25NO3S2. The van der Waals surface area contributed by atoms with Gasteiger partial charge in [-0.1, -0.05) is 30.0 Å². The van der Waals surface area contributed by atoms with Gasteiger partial charge < -0.3 is 15.2 Å². The molecule has 4 rings (SSSR count). The Morgan fingerprint density at radius 3 is 2.48 bits per heavy atom. The van der Waals surface area contributed by atoms with Crippen LogP contribution >= 0.6 is 23.5 Å². The van der Waals surface area contributed by atoms with Crippen molar-refractivity contribution in [3.8, 4) is 23.3 Å². The highest BCUT2D eigenvalue weighted by Gasteiger charge is 2.37. The summed E-state index contributed by atoms with van der Waals surface area (Å²) in [5.74, 6) is 7.38. The molecule has 4 nitrogen and oxygen atoms in total. The zero-order chi connectivity index (χ0) is 23.3. The maximum absolute atomic E-state index is 12.4. The molecular weight excluding hydrogens is 450 g/mol. The fourth-order valence-corrected chi connectivity index (χ4v) is 5.82. The van der Waals surface area contributed by atoms with Gasteiger partial charge in [-0.3, -0.25) is 4.79 Å². The maximum Gasteiger partial charge on any atom is 0.255 e. The zero-order valence-corrected chi connectivity index (χ0v) is 20.2. The number of rotatable bonds is 5. The Morgan fingerprint density at radius 2 is 1.79 bits per heavy atom. The molecule has 0 aromatic heterocycles. The van der Waals surface area contributed by atoms with E-state index in [2.05, 4.69) is 47.9 Å². The number of carbonyl (C=O) groups is 1. The van der Waals surface area contributed by atoms with E-state index >= 15 is 0 Å². The monoisotopic (exact) mass is 475 g/mol. The summed E-state index contributed by atoms with van der Waals surface area (Å²) >= 11 is 3.75. The molecule has 0 radical (unpaired) electrons. The third-order valence-corrected chi connectivity index (χ3v) is 8.79. The number of aromatic hydroxyl groups is 1. The number of hydrogen-bond acceptors (Lipinski definition) is 5. The van der Waals surface area contributed by atoms with Crippen molar-refractivity contribution in [2.45, 2.75) is 16.9 Å². The van der Waals surface area contributed by atoms with E-state index in [1.165, 1.54) is 17.7 Å². The fraction of sp³-hybridized carbons (Fsp3) is 0.222. The molecule has 6 heteroatoms. The lowest BCUT2D eigenvalue weighted by Gasteiger charge is -2.36. The molecule has 0 saturated heterocycles. The summed E-state index contributed by atoms with van der Waals surface area (Å²) in [6.45, 7) is 0.715. The molecule has 1 amide bonds. The zero-order valence-electron chi connectivity index (χ0n) is 18.6. The molecule has 33 heavy (non-hydrogen) atoms. The van der Waals surface area contributed by atoms with E-state index in [-0.39, 0.29) is 15.7 Å². The van der Waals surface area contributed by atoms with Gasteiger partial charge in [0, 0.05) is 40.8 Å². The highest BCUT2D eigenvalue weighted by atomic mass is 32.2. The number of phenolic OH excluding ortho intramolecular Hbond substituents is 1. The smallest absolute Gasteiger partial charge is 0.255 e. The van der Waals surface area contributed by atoms with Crippen LogP contribution in [-0.4, -0.2) is 30.1 Å². The average Bonchev–Trinajstić information content (AvgIpc) is 2.85. The van der Waals surface area contributed by atoms with Crippen molar-refractivity contribution in [1.29, 1.82) is 0 Å². The summed E-state index contributed by atoms with van der Waals surface area (Å²) in [5.41, 5.74) is 4.38. The molecule has 0 bridgehead atoms. The van der Waals surface area contributed by atoms with Crippen LogP contribution in [0, 0.1) is 11.8 Å². The number of anilines is 1. The van der Waals surface area contributed by atoms with Crippen LogP contribution in [0.4, 0.5) is 5.69 Å². The van der Waals surface area contributed by atoms with Gasteiger partial charge in [0.2, 0.25) is 0 Å². The summed E-state index contributed by atoms with van der Waals surface area (Å²) in [6, 6.07) is 19.9. The second kappa shape index (κ2) is 10.3. The summed E-state index contributed by atoms with van der Waals surface area (Å²) in [7, 11) is 0. The molecule has 1 heterocycles. The molecule has 0 aliphatic carbocycles. The van der Waals surface area contributed by atoms with Crippen molar-refractivity contribution in [1.82, 2.24) is 0 Å². The number of para-hydroxylation sites is 1. The summed E-state index contributed by atoms with van der Waals surface area (Å²) < 4.78 is 6.10. The number of hydrogen-bond donors (Lipinski definition) is 2. The number of nitrogens with one attached hydrogen (secondary N) is 1. The third-order valence-electron chi connectivity index (χ3n) is 5.63.